The van der Waals surface area contributed by atoms with E-state index in [4.69, 9.17) is 5.11 Å². The van der Waals surface area contributed by atoms with Crippen molar-refractivity contribution < 1.29 is 10.2 Å². The molecule has 1 aromatic rings. The predicted octanol–water partition coefficient (Wildman–Crippen LogP) is -0.264. The van der Waals surface area contributed by atoms with Gasteiger partial charge in [0.15, 0.2) is 0 Å². The summed E-state index contributed by atoms with van der Waals surface area (Å²) in [7, 11) is 0. The maximum Gasteiger partial charge on any atom is 0.0715 e. The molecule has 0 aliphatic carbocycles. The van der Waals surface area contributed by atoms with Gasteiger partial charge in [0.05, 0.1) is 24.9 Å². The number of aliphatic hydroxyl groups excluding tert-OH is 1. The zero-order valence-corrected chi connectivity index (χ0v) is 9.27. The van der Waals surface area contributed by atoms with E-state index >= 15 is 0 Å². The van der Waals surface area contributed by atoms with Gasteiger partial charge in [-0.3, -0.25) is 4.68 Å². The number of nitrogens with zero attached hydrogens (tertiary/aromatic N) is 2. The highest BCUT2D eigenvalue weighted by molar-refractivity contribution is 5.03. The van der Waals surface area contributed by atoms with Crippen molar-refractivity contribution in [1.29, 1.82) is 0 Å². The zero-order chi connectivity index (χ0) is 11.3. The van der Waals surface area contributed by atoms with E-state index in [-0.39, 0.29) is 6.61 Å². The Balaban J connectivity index is 2.31. The summed E-state index contributed by atoms with van der Waals surface area (Å²) in [5.74, 6) is 0. The van der Waals surface area contributed by atoms with E-state index in [0.717, 1.165) is 5.56 Å². The van der Waals surface area contributed by atoms with E-state index < -0.39 is 5.60 Å². The molecule has 0 aliphatic rings. The van der Waals surface area contributed by atoms with Gasteiger partial charge in [0.25, 0.3) is 0 Å². The Hall–Kier alpha value is -0.910. The van der Waals surface area contributed by atoms with E-state index in [2.05, 4.69) is 10.4 Å². The van der Waals surface area contributed by atoms with Crippen LogP contribution in [0, 0.1) is 0 Å². The van der Waals surface area contributed by atoms with Crippen LogP contribution in [-0.4, -0.2) is 38.7 Å². The van der Waals surface area contributed by atoms with Crippen LogP contribution in [0.2, 0.25) is 0 Å². The Morgan fingerprint density at radius 1 is 1.53 bits per heavy atom. The largest absolute Gasteiger partial charge is 0.394 e. The third kappa shape index (κ3) is 4.92. The summed E-state index contributed by atoms with van der Waals surface area (Å²) in [5, 5.41) is 25.4. The number of nitrogens with one attached hydrogen (secondary N) is 1. The van der Waals surface area contributed by atoms with Gasteiger partial charge in [-0.2, -0.15) is 5.10 Å². The van der Waals surface area contributed by atoms with Gasteiger partial charge in [-0.05, 0) is 13.8 Å². The van der Waals surface area contributed by atoms with E-state index in [9.17, 15) is 5.11 Å². The highest BCUT2D eigenvalue weighted by Gasteiger charge is 2.11. The molecular weight excluding hydrogens is 194 g/mol. The molecular formula is C10H19N3O2. The van der Waals surface area contributed by atoms with Crippen LogP contribution < -0.4 is 5.32 Å². The molecule has 0 saturated heterocycles. The van der Waals surface area contributed by atoms with Crippen LogP contribution in [0.4, 0.5) is 0 Å². The molecule has 86 valence electrons. The number of rotatable bonds is 6. The Morgan fingerprint density at radius 3 is 2.87 bits per heavy atom. The summed E-state index contributed by atoms with van der Waals surface area (Å²) in [5.41, 5.74) is 0.355. The summed E-state index contributed by atoms with van der Waals surface area (Å²) in [6.45, 7) is 5.35. The van der Waals surface area contributed by atoms with Gasteiger partial charge >= 0.3 is 0 Å². The Labute approximate surface area is 89.7 Å². The van der Waals surface area contributed by atoms with Crippen molar-refractivity contribution in [2.75, 3.05) is 13.2 Å². The SMILES string of the molecule is CC(C)(O)CNCc1cnn(CCO)c1. The second-order valence-electron chi connectivity index (χ2n) is 4.25. The lowest BCUT2D eigenvalue weighted by Gasteiger charge is -2.17. The molecule has 0 spiro atoms. The number of hydrogen-bond donors (Lipinski definition) is 3. The lowest BCUT2D eigenvalue weighted by Crippen LogP contribution is -2.34. The third-order valence-corrected chi connectivity index (χ3v) is 1.90. The Morgan fingerprint density at radius 2 is 2.27 bits per heavy atom. The summed E-state index contributed by atoms with van der Waals surface area (Å²) >= 11 is 0. The molecule has 0 amide bonds. The average molecular weight is 213 g/mol. The van der Waals surface area contributed by atoms with Crippen molar-refractivity contribution >= 4 is 0 Å². The molecule has 5 heteroatoms. The molecule has 0 radical (unpaired) electrons. The standard InChI is InChI=1S/C10H19N3O2/c1-10(2,15)8-11-5-9-6-12-13(7-9)3-4-14/h6-7,11,14-15H,3-5,8H2,1-2H3. The van der Waals surface area contributed by atoms with E-state index in [1.165, 1.54) is 0 Å². The molecule has 0 aromatic carbocycles. The number of aromatic nitrogens is 2. The fourth-order valence-electron chi connectivity index (χ4n) is 1.24. The lowest BCUT2D eigenvalue weighted by molar-refractivity contribution is 0.0795. The molecule has 0 atom stereocenters. The maximum atomic E-state index is 9.47. The zero-order valence-electron chi connectivity index (χ0n) is 9.27. The van der Waals surface area contributed by atoms with Crippen molar-refractivity contribution in [2.24, 2.45) is 0 Å². The summed E-state index contributed by atoms with van der Waals surface area (Å²) in [6, 6.07) is 0. The van der Waals surface area contributed by atoms with Gasteiger partial charge in [-0.1, -0.05) is 0 Å². The molecule has 1 heterocycles. The molecule has 0 fully saturated rings. The van der Waals surface area contributed by atoms with Gasteiger partial charge in [0.2, 0.25) is 0 Å². The molecule has 1 rings (SSSR count). The van der Waals surface area contributed by atoms with Crippen molar-refractivity contribution in [3.63, 3.8) is 0 Å². The normalized spacial score (nSPS) is 12.0. The lowest BCUT2D eigenvalue weighted by atomic mass is 10.1. The van der Waals surface area contributed by atoms with Crippen LogP contribution in [0.5, 0.6) is 0 Å². The van der Waals surface area contributed by atoms with E-state index in [0.29, 0.717) is 19.6 Å². The highest BCUT2D eigenvalue weighted by atomic mass is 16.3. The maximum absolute atomic E-state index is 9.47. The molecule has 1 aromatic heterocycles. The molecule has 0 unspecified atom stereocenters. The van der Waals surface area contributed by atoms with Crippen molar-refractivity contribution in [1.82, 2.24) is 15.1 Å². The quantitative estimate of drug-likeness (QED) is 0.608. The van der Waals surface area contributed by atoms with Gasteiger partial charge < -0.3 is 15.5 Å². The third-order valence-electron chi connectivity index (χ3n) is 1.90. The van der Waals surface area contributed by atoms with Crippen LogP contribution in [0.15, 0.2) is 12.4 Å². The molecule has 15 heavy (non-hydrogen) atoms. The van der Waals surface area contributed by atoms with Crippen LogP contribution in [0.25, 0.3) is 0 Å². The van der Waals surface area contributed by atoms with Crippen LogP contribution in [0.3, 0.4) is 0 Å². The molecule has 0 bridgehead atoms. The second-order valence-corrected chi connectivity index (χ2v) is 4.25. The number of hydrogen-bond acceptors (Lipinski definition) is 4. The minimum absolute atomic E-state index is 0.0955. The van der Waals surface area contributed by atoms with Gasteiger partial charge in [-0.25, -0.2) is 0 Å². The minimum Gasteiger partial charge on any atom is -0.394 e. The molecule has 0 aliphatic heterocycles. The van der Waals surface area contributed by atoms with E-state index in [1.807, 2.05) is 6.20 Å². The van der Waals surface area contributed by atoms with E-state index in [1.54, 1.807) is 24.7 Å². The first-order chi connectivity index (χ1) is 7.01. The highest BCUT2D eigenvalue weighted by Crippen LogP contribution is 2.00. The van der Waals surface area contributed by atoms with Crippen molar-refractivity contribution in [3.8, 4) is 0 Å². The first kappa shape index (κ1) is 12.2. The first-order valence-corrected chi connectivity index (χ1v) is 5.06. The smallest absolute Gasteiger partial charge is 0.0715 e. The molecule has 5 nitrogen and oxygen atoms in total. The van der Waals surface area contributed by atoms with Crippen LogP contribution >= 0.6 is 0 Å². The van der Waals surface area contributed by atoms with Crippen LogP contribution in [0.1, 0.15) is 19.4 Å². The summed E-state index contributed by atoms with van der Waals surface area (Å²) in [4.78, 5) is 0. The van der Waals surface area contributed by atoms with Crippen LogP contribution in [-0.2, 0) is 13.1 Å². The summed E-state index contributed by atoms with van der Waals surface area (Å²) in [6.07, 6.45) is 3.64. The Kier molecular flexibility index (Phi) is 4.26. The number of aliphatic hydroxyl groups is 2. The second kappa shape index (κ2) is 5.25. The Bertz CT molecular complexity index is 291. The first-order valence-electron chi connectivity index (χ1n) is 5.06. The minimum atomic E-state index is -0.693. The summed E-state index contributed by atoms with van der Waals surface area (Å²) < 4.78 is 1.70. The molecule has 3 N–H and O–H groups in total. The van der Waals surface area contributed by atoms with Gasteiger partial charge in [0, 0.05) is 24.8 Å². The van der Waals surface area contributed by atoms with Crippen molar-refractivity contribution in [2.45, 2.75) is 32.5 Å². The fraction of sp³-hybridized carbons (Fsp3) is 0.700. The predicted molar refractivity (Wildman–Crippen MR) is 57.3 cm³/mol. The average Bonchev–Trinajstić information content (AvgIpc) is 2.51. The molecule has 0 saturated carbocycles. The van der Waals surface area contributed by atoms with Gasteiger partial charge in [0.1, 0.15) is 0 Å². The van der Waals surface area contributed by atoms with Gasteiger partial charge in [-0.15, -0.1) is 0 Å². The fourth-order valence-corrected chi connectivity index (χ4v) is 1.24. The monoisotopic (exact) mass is 213 g/mol. The van der Waals surface area contributed by atoms with Crippen molar-refractivity contribution in [3.05, 3.63) is 18.0 Å². The topological polar surface area (TPSA) is 70.3 Å².